The molecule has 7 heteroatoms. The van der Waals surface area contributed by atoms with Crippen molar-refractivity contribution in [1.29, 1.82) is 0 Å². The Morgan fingerprint density at radius 3 is 2.62 bits per heavy atom. The second-order valence-electron chi connectivity index (χ2n) is 4.98. The van der Waals surface area contributed by atoms with Gasteiger partial charge in [-0.05, 0) is 24.5 Å². The molecule has 0 radical (unpaired) electrons. The lowest BCUT2D eigenvalue weighted by Crippen LogP contribution is -2.26. The normalized spacial score (nSPS) is 12.9. The highest BCUT2D eigenvalue weighted by Gasteiger charge is 2.17. The van der Waals surface area contributed by atoms with Crippen LogP contribution in [0.5, 0.6) is 0 Å². The molecule has 6 nitrogen and oxygen atoms in total. The summed E-state index contributed by atoms with van der Waals surface area (Å²) in [5.74, 6) is -0.961. The van der Waals surface area contributed by atoms with Crippen LogP contribution in [0.2, 0.25) is 0 Å². The molecule has 118 valence electrons. The zero-order valence-electron chi connectivity index (χ0n) is 12.3. The molecule has 1 rings (SSSR count). The molecule has 0 aliphatic heterocycles. The Balaban J connectivity index is 2.82. The summed E-state index contributed by atoms with van der Waals surface area (Å²) in [7, 11) is -3.55. The highest BCUT2D eigenvalue weighted by Crippen LogP contribution is 2.21. The Morgan fingerprint density at radius 1 is 1.33 bits per heavy atom. The van der Waals surface area contributed by atoms with Crippen molar-refractivity contribution in [3.63, 3.8) is 0 Å². The van der Waals surface area contributed by atoms with E-state index in [-0.39, 0.29) is 17.2 Å². The molecule has 1 atom stereocenters. The van der Waals surface area contributed by atoms with Crippen LogP contribution in [0.15, 0.2) is 29.2 Å². The van der Waals surface area contributed by atoms with Gasteiger partial charge in [-0.15, -0.1) is 0 Å². The number of anilines is 1. The van der Waals surface area contributed by atoms with Gasteiger partial charge in [0, 0.05) is 19.5 Å². The Bertz CT molecular complexity index is 572. The predicted molar refractivity (Wildman–Crippen MR) is 81.8 cm³/mol. The lowest BCUT2D eigenvalue weighted by Gasteiger charge is -2.15. The van der Waals surface area contributed by atoms with Gasteiger partial charge in [0.15, 0.2) is 0 Å². The Kier molecular flexibility index (Phi) is 6.64. The van der Waals surface area contributed by atoms with Crippen LogP contribution in [-0.2, 0) is 14.8 Å². The zero-order valence-corrected chi connectivity index (χ0v) is 13.1. The topological polar surface area (TPSA) is 95.5 Å². The zero-order chi connectivity index (χ0) is 15.9. The monoisotopic (exact) mass is 314 g/mol. The number of aliphatic carboxylic acids is 1. The molecule has 0 heterocycles. The van der Waals surface area contributed by atoms with E-state index in [1.165, 1.54) is 6.07 Å². The van der Waals surface area contributed by atoms with Crippen LogP contribution in [0.1, 0.15) is 26.7 Å². The fourth-order valence-electron chi connectivity index (χ4n) is 1.82. The minimum Gasteiger partial charge on any atom is -0.481 e. The van der Waals surface area contributed by atoms with Crippen molar-refractivity contribution in [2.24, 2.45) is 5.92 Å². The van der Waals surface area contributed by atoms with Gasteiger partial charge in [-0.2, -0.15) is 0 Å². The Labute approximate surface area is 125 Å². The molecule has 0 bridgehead atoms. The predicted octanol–water partition coefficient (Wildman–Crippen LogP) is 1.90. The largest absolute Gasteiger partial charge is 0.481 e. The molecule has 0 saturated heterocycles. The fourth-order valence-corrected chi connectivity index (χ4v) is 3.13. The second kappa shape index (κ2) is 7.99. The summed E-state index contributed by atoms with van der Waals surface area (Å²) in [6.45, 7) is 4.46. The Morgan fingerprint density at radius 2 is 2.00 bits per heavy atom. The average Bonchev–Trinajstić information content (AvgIpc) is 2.42. The van der Waals surface area contributed by atoms with Gasteiger partial charge in [0.2, 0.25) is 10.0 Å². The van der Waals surface area contributed by atoms with Crippen molar-refractivity contribution < 1.29 is 18.3 Å². The number of nitrogens with one attached hydrogen (secondary N) is 2. The maximum Gasteiger partial charge on any atom is 0.303 e. The average molecular weight is 314 g/mol. The number of para-hydroxylation sites is 1. The smallest absolute Gasteiger partial charge is 0.303 e. The third-order valence-corrected chi connectivity index (χ3v) is 4.40. The van der Waals surface area contributed by atoms with Crippen LogP contribution < -0.4 is 10.0 Å². The molecule has 0 aliphatic carbocycles. The first-order valence-electron chi connectivity index (χ1n) is 6.91. The first-order valence-corrected chi connectivity index (χ1v) is 8.39. The molecule has 0 amide bonds. The van der Waals surface area contributed by atoms with Gasteiger partial charge >= 0.3 is 5.97 Å². The fraction of sp³-hybridized carbons (Fsp3) is 0.500. The van der Waals surface area contributed by atoms with E-state index in [1.54, 1.807) is 25.1 Å². The molecule has 1 aromatic carbocycles. The second-order valence-corrected chi connectivity index (χ2v) is 6.71. The maximum absolute atomic E-state index is 12.2. The summed E-state index contributed by atoms with van der Waals surface area (Å²) in [5.41, 5.74) is 0.485. The van der Waals surface area contributed by atoms with Crippen LogP contribution in [0.4, 0.5) is 5.69 Å². The van der Waals surface area contributed by atoms with Crippen LogP contribution in [0.25, 0.3) is 0 Å². The van der Waals surface area contributed by atoms with E-state index in [0.29, 0.717) is 25.2 Å². The van der Waals surface area contributed by atoms with E-state index in [4.69, 9.17) is 5.11 Å². The number of benzene rings is 1. The molecule has 1 unspecified atom stereocenters. The molecule has 1 aromatic rings. The SMILES string of the molecule is CCCNS(=O)(=O)c1ccccc1NCC(C)CC(=O)O. The number of rotatable bonds is 9. The quantitative estimate of drug-likeness (QED) is 0.647. The molecule has 0 spiro atoms. The van der Waals surface area contributed by atoms with Crippen molar-refractivity contribution in [2.45, 2.75) is 31.6 Å². The summed E-state index contributed by atoms with van der Waals surface area (Å²) in [4.78, 5) is 10.8. The van der Waals surface area contributed by atoms with Crippen LogP contribution in [0, 0.1) is 5.92 Å². The van der Waals surface area contributed by atoms with E-state index in [1.807, 2.05) is 6.92 Å². The van der Waals surface area contributed by atoms with Gasteiger partial charge in [0.1, 0.15) is 4.90 Å². The standard InChI is InChI=1S/C14H22N2O4S/c1-3-8-16-21(19,20)13-7-5-4-6-12(13)15-10-11(2)9-14(17)18/h4-7,11,15-16H,3,8-10H2,1-2H3,(H,17,18). The number of carboxylic acids is 1. The highest BCUT2D eigenvalue weighted by molar-refractivity contribution is 7.89. The number of hydrogen-bond donors (Lipinski definition) is 3. The number of sulfonamides is 1. The first-order chi connectivity index (χ1) is 9.86. The van der Waals surface area contributed by atoms with E-state index in [9.17, 15) is 13.2 Å². The molecular formula is C14H22N2O4S. The summed E-state index contributed by atoms with van der Waals surface area (Å²) >= 11 is 0. The lowest BCUT2D eigenvalue weighted by molar-refractivity contribution is -0.137. The minimum atomic E-state index is -3.55. The molecule has 0 fully saturated rings. The van der Waals surface area contributed by atoms with E-state index in [2.05, 4.69) is 10.0 Å². The first kappa shape index (κ1) is 17.5. The molecule has 0 aromatic heterocycles. The van der Waals surface area contributed by atoms with Gasteiger partial charge in [-0.1, -0.05) is 26.0 Å². The maximum atomic E-state index is 12.2. The van der Waals surface area contributed by atoms with Crippen molar-refractivity contribution in [1.82, 2.24) is 4.72 Å². The van der Waals surface area contributed by atoms with Crippen molar-refractivity contribution in [2.75, 3.05) is 18.4 Å². The van der Waals surface area contributed by atoms with E-state index < -0.39 is 16.0 Å². The third kappa shape index (κ3) is 5.73. The van der Waals surface area contributed by atoms with Gasteiger partial charge in [-0.3, -0.25) is 4.79 Å². The summed E-state index contributed by atoms with van der Waals surface area (Å²) in [6, 6.07) is 6.60. The van der Waals surface area contributed by atoms with Crippen molar-refractivity contribution in [3.8, 4) is 0 Å². The number of hydrogen-bond acceptors (Lipinski definition) is 4. The van der Waals surface area contributed by atoms with E-state index >= 15 is 0 Å². The molecule has 0 saturated carbocycles. The molecule has 21 heavy (non-hydrogen) atoms. The van der Waals surface area contributed by atoms with Gasteiger partial charge in [0.05, 0.1) is 5.69 Å². The number of carbonyl (C=O) groups is 1. The van der Waals surface area contributed by atoms with Crippen LogP contribution >= 0.6 is 0 Å². The molecule has 3 N–H and O–H groups in total. The van der Waals surface area contributed by atoms with Crippen LogP contribution in [0.3, 0.4) is 0 Å². The minimum absolute atomic E-state index is 0.0377. The highest BCUT2D eigenvalue weighted by atomic mass is 32.2. The van der Waals surface area contributed by atoms with Crippen molar-refractivity contribution in [3.05, 3.63) is 24.3 Å². The van der Waals surface area contributed by atoms with Gasteiger partial charge in [-0.25, -0.2) is 13.1 Å². The Hall–Kier alpha value is -1.60. The molecule has 0 aliphatic rings. The lowest BCUT2D eigenvalue weighted by atomic mass is 10.1. The van der Waals surface area contributed by atoms with Gasteiger partial charge in [0.25, 0.3) is 0 Å². The third-order valence-electron chi connectivity index (χ3n) is 2.88. The van der Waals surface area contributed by atoms with Crippen LogP contribution in [-0.4, -0.2) is 32.6 Å². The summed E-state index contributed by atoms with van der Waals surface area (Å²) in [6.07, 6.45) is 0.750. The number of carboxylic acid groups (broad SMARTS) is 1. The van der Waals surface area contributed by atoms with Crippen molar-refractivity contribution >= 4 is 21.7 Å². The van der Waals surface area contributed by atoms with Gasteiger partial charge < -0.3 is 10.4 Å². The molecular weight excluding hydrogens is 292 g/mol. The van der Waals surface area contributed by atoms with E-state index in [0.717, 1.165) is 0 Å². The summed E-state index contributed by atoms with van der Waals surface area (Å²) < 4.78 is 26.9. The summed E-state index contributed by atoms with van der Waals surface area (Å²) in [5, 5.41) is 11.7.